The lowest BCUT2D eigenvalue weighted by Gasteiger charge is -2.31. The maximum absolute atomic E-state index is 12.2. The minimum Gasteiger partial charge on any atom is -0.355 e. The lowest BCUT2D eigenvalue weighted by atomic mass is 9.96. The van der Waals surface area contributed by atoms with Crippen molar-refractivity contribution in [3.63, 3.8) is 0 Å². The highest BCUT2D eigenvalue weighted by Crippen LogP contribution is 2.17. The van der Waals surface area contributed by atoms with Crippen molar-refractivity contribution in [2.24, 2.45) is 11.8 Å². The molecule has 2 atom stereocenters. The second-order valence-electron chi connectivity index (χ2n) is 5.47. The summed E-state index contributed by atoms with van der Waals surface area (Å²) in [5.74, 6) is 0.781. The van der Waals surface area contributed by atoms with E-state index in [0.29, 0.717) is 25.3 Å². The highest BCUT2D eigenvalue weighted by atomic mass is 16.2. The summed E-state index contributed by atoms with van der Waals surface area (Å²) in [6, 6.07) is 0.264. The van der Waals surface area contributed by atoms with Gasteiger partial charge in [-0.05, 0) is 25.7 Å². The first-order valence-electron chi connectivity index (χ1n) is 6.45. The Labute approximate surface area is 104 Å². The number of carbonyl (C=O) groups excluding carboxylic acids is 2. The third kappa shape index (κ3) is 4.02. The molecule has 1 heterocycles. The molecule has 17 heavy (non-hydrogen) atoms. The van der Waals surface area contributed by atoms with Crippen LogP contribution in [0.25, 0.3) is 0 Å². The molecule has 0 radical (unpaired) electrons. The first-order chi connectivity index (χ1) is 7.91. The van der Waals surface area contributed by atoms with Gasteiger partial charge in [0.1, 0.15) is 0 Å². The number of amides is 2. The van der Waals surface area contributed by atoms with Crippen LogP contribution in [0.2, 0.25) is 0 Å². The minimum absolute atomic E-state index is 0.0349. The molecule has 98 valence electrons. The van der Waals surface area contributed by atoms with E-state index >= 15 is 0 Å². The van der Waals surface area contributed by atoms with Crippen LogP contribution in [-0.4, -0.2) is 36.3 Å². The van der Waals surface area contributed by atoms with Gasteiger partial charge in [-0.2, -0.15) is 0 Å². The Bertz CT molecular complexity index is 279. The summed E-state index contributed by atoms with van der Waals surface area (Å²) in [4.78, 5) is 25.1. The standard InChI is InChI=1S/C13H24N2O2/c1-9(2)7-10(3)15(4)13(17)11-5-6-12(16)14-8-11/h9-11H,5-8H2,1-4H3,(H,14,16). The fourth-order valence-electron chi connectivity index (χ4n) is 2.29. The largest absolute Gasteiger partial charge is 0.355 e. The van der Waals surface area contributed by atoms with Gasteiger partial charge in [0, 0.05) is 26.1 Å². The van der Waals surface area contributed by atoms with Crippen LogP contribution >= 0.6 is 0 Å². The molecule has 4 nitrogen and oxygen atoms in total. The van der Waals surface area contributed by atoms with Crippen molar-refractivity contribution in [1.29, 1.82) is 0 Å². The lowest BCUT2D eigenvalue weighted by molar-refractivity contribution is -0.138. The van der Waals surface area contributed by atoms with Crippen LogP contribution in [0.15, 0.2) is 0 Å². The van der Waals surface area contributed by atoms with E-state index in [0.717, 1.165) is 6.42 Å². The van der Waals surface area contributed by atoms with Crippen LogP contribution in [0.1, 0.15) is 40.0 Å². The first-order valence-corrected chi connectivity index (χ1v) is 6.45. The highest BCUT2D eigenvalue weighted by molar-refractivity contribution is 5.83. The van der Waals surface area contributed by atoms with Crippen molar-refractivity contribution in [2.75, 3.05) is 13.6 Å². The molecule has 4 heteroatoms. The molecule has 1 N–H and O–H groups in total. The minimum atomic E-state index is -0.0349. The molecular formula is C13H24N2O2. The maximum Gasteiger partial charge on any atom is 0.227 e. The zero-order valence-corrected chi connectivity index (χ0v) is 11.3. The van der Waals surface area contributed by atoms with Crippen molar-refractivity contribution in [1.82, 2.24) is 10.2 Å². The van der Waals surface area contributed by atoms with Crippen molar-refractivity contribution in [3.05, 3.63) is 0 Å². The number of nitrogens with zero attached hydrogens (tertiary/aromatic N) is 1. The molecule has 0 aromatic heterocycles. The van der Waals surface area contributed by atoms with Crippen molar-refractivity contribution in [3.8, 4) is 0 Å². The van der Waals surface area contributed by atoms with Gasteiger partial charge in [0.05, 0.1) is 5.92 Å². The number of piperidine rings is 1. The number of rotatable bonds is 4. The Morgan fingerprint density at radius 3 is 2.59 bits per heavy atom. The number of hydrogen-bond acceptors (Lipinski definition) is 2. The van der Waals surface area contributed by atoms with E-state index in [2.05, 4.69) is 26.1 Å². The summed E-state index contributed by atoms with van der Waals surface area (Å²) < 4.78 is 0. The highest BCUT2D eigenvalue weighted by Gasteiger charge is 2.28. The SMILES string of the molecule is CC(C)CC(C)N(C)C(=O)C1CCC(=O)NC1. The topological polar surface area (TPSA) is 49.4 Å². The van der Waals surface area contributed by atoms with Crippen LogP contribution in [0.4, 0.5) is 0 Å². The molecule has 0 spiro atoms. The monoisotopic (exact) mass is 240 g/mol. The Morgan fingerprint density at radius 2 is 2.12 bits per heavy atom. The number of hydrogen-bond donors (Lipinski definition) is 1. The van der Waals surface area contributed by atoms with E-state index in [1.165, 1.54) is 0 Å². The van der Waals surface area contributed by atoms with Crippen molar-refractivity contribution >= 4 is 11.8 Å². The van der Waals surface area contributed by atoms with Gasteiger partial charge in [0.15, 0.2) is 0 Å². The molecule has 0 bridgehead atoms. The Kier molecular flexibility index (Phi) is 4.97. The quantitative estimate of drug-likeness (QED) is 0.807. The fraction of sp³-hybridized carbons (Fsp3) is 0.846. The van der Waals surface area contributed by atoms with E-state index in [9.17, 15) is 9.59 Å². The maximum atomic E-state index is 12.2. The van der Waals surface area contributed by atoms with Crippen LogP contribution in [0, 0.1) is 11.8 Å². The molecule has 0 aromatic carbocycles. The summed E-state index contributed by atoms with van der Waals surface area (Å²) >= 11 is 0. The summed E-state index contributed by atoms with van der Waals surface area (Å²) in [5, 5.41) is 2.76. The Balaban J connectivity index is 2.48. The summed E-state index contributed by atoms with van der Waals surface area (Å²) in [7, 11) is 1.87. The van der Waals surface area contributed by atoms with Gasteiger partial charge in [-0.3, -0.25) is 9.59 Å². The van der Waals surface area contributed by atoms with Crippen LogP contribution in [-0.2, 0) is 9.59 Å². The van der Waals surface area contributed by atoms with E-state index in [1.807, 2.05) is 11.9 Å². The van der Waals surface area contributed by atoms with Gasteiger partial charge < -0.3 is 10.2 Å². The predicted octanol–water partition coefficient (Wildman–Crippen LogP) is 1.41. The smallest absolute Gasteiger partial charge is 0.227 e. The number of nitrogens with one attached hydrogen (secondary N) is 1. The molecule has 2 unspecified atom stereocenters. The van der Waals surface area contributed by atoms with Gasteiger partial charge in [-0.15, -0.1) is 0 Å². The third-order valence-corrected chi connectivity index (χ3v) is 3.44. The van der Waals surface area contributed by atoms with Gasteiger partial charge in [0.25, 0.3) is 0 Å². The van der Waals surface area contributed by atoms with Gasteiger partial charge in [-0.1, -0.05) is 13.8 Å². The molecular weight excluding hydrogens is 216 g/mol. The molecule has 2 amide bonds. The van der Waals surface area contributed by atoms with Crippen molar-refractivity contribution < 1.29 is 9.59 Å². The van der Waals surface area contributed by atoms with Gasteiger partial charge >= 0.3 is 0 Å². The van der Waals surface area contributed by atoms with Crippen molar-refractivity contribution in [2.45, 2.75) is 46.1 Å². The fourth-order valence-corrected chi connectivity index (χ4v) is 2.29. The van der Waals surface area contributed by atoms with E-state index in [1.54, 1.807) is 0 Å². The normalized spacial score (nSPS) is 22.2. The lowest BCUT2D eigenvalue weighted by Crippen LogP contribution is -2.46. The number of carbonyl (C=O) groups is 2. The summed E-state index contributed by atoms with van der Waals surface area (Å²) in [5.41, 5.74) is 0. The second kappa shape index (κ2) is 6.03. The molecule has 1 rings (SSSR count). The Hall–Kier alpha value is -1.06. The molecule has 0 saturated carbocycles. The summed E-state index contributed by atoms with van der Waals surface area (Å²) in [6.07, 6.45) is 2.17. The van der Waals surface area contributed by atoms with Gasteiger partial charge in [-0.25, -0.2) is 0 Å². The zero-order chi connectivity index (χ0) is 13.0. The average molecular weight is 240 g/mol. The second-order valence-corrected chi connectivity index (χ2v) is 5.47. The zero-order valence-electron chi connectivity index (χ0n) is 11.3. The molecule has 0 aromatic rings. The van der Waals surface area contributed by atoms with Crippen LogP contribution in [0.5, 0.6) is 0 Å². The van der Waals surface area contributed by atoms with E-state index in [-0.39, 0.29) is 23.8 Å². The Morgan fingerprint density at radius 1 is 1.47 bits per heavy atom. The van der Waals surface area contributed by atoms with E-state index < -0.39 is 0 Å². The van der Waals surface area contributed by atoms with Gasteiger partial charge in [0.2, 0.25) is 11.8 Å². The van der Waals surface area contributed by atoms with E-state index in [4.69, 9.17) is 0 Å². The molecule has 1 aliphatic rings. The average Bonchev–Trinajstić information content (AvgIpc) is 2.27. The molecule has 1 fully saturated rings. The third-order valence-electron chi connectivity index (χ3n) is 3.44. The van der Waals surface area contributed by atoms with Crippen LogP contribution in [0.3, 0.4) is 0 Å². The molecule has 0 aliphatic carbocycles. The molecule has 1 saturated heterocycles. The first kappa shape index (κ1) is 14.0. The predicted molar refractivity (Wildman–Crippen MR) is 67.4 cm³/mol. The van der Waals surface area contributed by atoms with Crippen LogP contribution < -0.4 is 5.32 Å². The molecule has 1 aliphatic heterocycles. The summed E-state index contributed by atoms with van der Waals surface area (Å²) in [6.45, 7) is 6.90.